The number of carbonyl (C=O) groups excluding carboxylic acids is 1. The van der Waals surface area contributed by atoms with Gasteiger partial charge in [-0.3, -0.25) is 9.78 Å². The number of nitrogens with zero attached hydrogens (tertiary/aromatic N) is 3. The predicted molar refractivity (Wildman–Crippen MR) is 161 cm³/mol. The van der Waals surface area contributed by atoms with Crippen LogP contribution in [-0.2, 0) is 4.79 Å². The summed E-state index contributed by atoms with van der Waals surface area (Å²) in [6.07, 6.45) is 3.67. The second-order valence-corrected chi connectivity index (χ2v) is 9.86. The number of thiocarbonyl (C=S) groups is 1. The van der Waals surface area contributed by atoms with Crippen molar-refractivity contribution in [2.75, 3.05) is 16.8 Å². The highest BCUT2D eigenvalue weighted by atomic mass is 32.1. The van der Waals surface area contributed by atoms with Gasteiger partial charge < -0.3 is 24.8 Å². The van der Waals surface area contributed by atoms with Crippen molar-refractivity contribution in [1.29, 1.82) is 0 Å². The fraction of sp³-hybridized carbons (Fsp3) is 0.0938. The second-order valence-electron chi connectivity index (χ2n) is 9.48. The van der Waals surface area contributed by atoms with Crippen LogP contribution in [0.2, 0.25) is 0 Å². The predicted octanol–water partition coefficient (Wildman–Crippen LogP) is 6.21. The minimum atomic E-state index is -0.313. The Balaban J connectivity index is 1.29. The number of anilines is 2. The summed E-state index contributed by atoms with van der Waals surface area (Å²) >= 11 is 5.85. The Kier molecular flexibility index (Phi) is 7.42. The van der Waals surface area contributed by atoms with Crippen molar-refractivity contribution in [2.45, 2.75) is 12.1 Å². The highest BCUT2D eigenvalue weighted by Gasteiger charge is 2.42. The molecule has 0 bridgehead atoms. The molecule has 2 N–H and O–H groups in total. The van der Waals surface area contributed by atoms with Gasteiger partial charge in [-0.1, -0.05) is 30.3 Å². The van der Waals surface area contributed by atoms with Gasteiger partial charge in [0, 0.05) is 35.1 Å². The molecule has 0 spiro atoms. The van der Waals surface area contributed by atoms with E-state index in [1.54, 1.807) is 24.4 Å². The van der Waals surface area contributed by atoms with Gasteiger partial charge in [-0.2, -0.15) is 0 Å². The number of hydrogen-bond acceptors (Lipinski definition) is 4. The Hall–Kier alpha value is -5.02. The van der Waals surface area contributed by atoms with Crippen LogP contribution < -0.4 is 20.3 Å². The standard InChI is InChI=1S/C32H26FN5O2S/c33-22-8-6-9-25(20-22)37-19-7-13-28(37)31-30(27-12-4-5-18-34-27)36-32(41)38(31)24-16-14-23(15-17-24)35-29(39)21-40-26-10-2-1-3-11-26/h1-20,30-31H,21H2,(H,35,39)(H,36,41)/t30-,31+/m1/s1. The van der Waals surface area contributed by atoms with Gasteiger partial charge in [-0.05, 0) is 91.1 Å². The first-order valence-electron chi connectivity index (χ1n) is 13.1. The van der Waals surface area contributed by atoms with Gasteiger partial charge in [0.2, 0.25) is 0 Å². The van der Waals surface area contributed by atoms with E-state index in [1.165, 1.54) is 12.1 Å². The van der Waals surface area contributed by atoms with E-state index in [4.69, 9.17) is 17.0 Å². The van der Waals surface area contributed by atoms with E-state index in [-0.39, 0.29) is 30.4 Å². The third kappa shape index (κ3) is 5.66. The zero-order valence-corrected chi connectivity index (χ0v) is 22.7. The number of nitrogens with one attached hydrogen (secondary N) is 2. The van der Waals surface area contributed by atoms with Crippen LogP contribution in [-0.4, -0.2) is 27.2 Å². The lowest BCUT2D eigenvalue weighted by molar-refractivity contribution is -0.118. The summed E-state index contributed by atoms with van der Waals surface area (Å²) in [7, 11) is 0. The highest BCUT2D eigenvalue weighted by molar-refractivity contribution is 7.80. The van der Waals surface area contributed by atoms with Crippen LogP contribution >= 0.6 is 12.2 Å². The van der Waals surface area contributed by atoms with E-state index < -0.39 is 0 Å². The van der Waals surface area contributed by atoms with E-state index in [1.807, 2.05) is 94.5 Å². The third-order valence-electron chi connectivity index (χ3n) is 6.81. The van der Waals surface area contributed by atoms with E-state index in [9.17, 15) is 9.18 Å². The average Bonchev–Trinajstić information content (AvgIpc) is 3.62. The van der Waals surface area contributed by atoms with E-state index >= 15 is 0 Å². The monoisotopic (exact) mass is 563 g/mol. The van der Waals surface area contributed by atoms with Crippen LogP contribution in [0.3, 0.4) is 0 Å². The molecular formula is C32H26FN5O2S. The zero-order chi connectivity index (χ0) is 28.2. The van der Waals surface area contributed by atoms with Crippen molar-refractivity contribution in [3.63, 3.8) is 0 Å². The maximum absolute atomic E-state index is 14.2. The number of ether oxygens (including phenoxy) is 1. The van der Waals surface area contributed by atoms with Crippen LogP contribution in [0, 0.1) is 5.82 Å². The highest BCUT2D eigenvalue weighted by Crippen LogP contribution is 2.42. The number of aromatic nitrogens is 2. The fourth-order valence-electron chi connectivity index (χ4n) is 5.00. The van der Waals surface area contributed by atoms with Crippen molar-refractivity contribution in [3.8, 4) is 11.4 Å². The maximum Gasteiger partial charge on any atom is 0.262 e. The molecule has 1 aliphatic rings. The molecule has 1 saturated heterocycles. The molecule has 2 atom stereocenters. The number of benzene rings is 3. The number of pyridine rings is 1. The zero-order valence-electron chi connectivity index (χ0n) is 21.9. The molecule has 5 aromatic rings. The number of rotatable bonds is 8. The molecule has 3 heterocycles. The molecule has 0 unspecified atom stereocenters. The summed E-state index contributed by atoms with van der Waals surface area (Å²) in [6, 6.07) is 32.3. The minimum Gasteiger partial charge on any atom is -0.484 e. The quantitative estimate of drug-likeness (QED) is 0.219. The van der Waals surface area contributed by atoms with Gasteiger partial charge in [-0.25, -0.2) is 4.39 Å². The third-order valence-corrected chi connectivity index (χ3v) is 7.12. The van der Waals surface area contributed by atoms with Crippen LogP contribution in [0.4, 0.5) is 15.8 Å². The summed E-state index contributed by atoms with van der Waals surface area (Å²) in [4.78, 5) is 19.1. The minimum absolute atomic E-state index is 0.100. The first-order valence-corrected chi connectivity index (χ1v) is 13.5. The Morgan fingerprint density at radius 1 is 0.927 bits per heavy atom. The van der Waals surface area contributed by atoms with E-state index in [2.05, 4.69) is 15.6 Å². The Labute approximate surface area is 242 Å². The lowest BCUT2D eigenvalue weighted by atomic mass is 10.0. The summed E-state index contributed by atoms with van der Waals surface area (Å²) in [6.45, 7) is -0.100. The Morgan fingerprint density at radius 3 is 2.49 bits per heavy atom. The smallest absolute Gasteiger partial charge is 0.262 e. The van der Waals surface area contributed by atoms with Crippen molar-refractivity contribution in [3.05, 3.63) is 139 Å². The number of carbonyl (C=O) groups is 1. The van der Waals surface area contributed by atoms with Gasteiger partial charge in [-0.15, -0.1) is 0 Å². The molecule has 1 amide bonds. The molecule has 204 valence electrons. The first-order chi connectivity index (χ1) is 20.1. The first kappa shape index (κ1) is 26.2. The lowest BCUT2D eigenvalue weighted by Gasteiger charge is -2.29. The van der Waals surface area contributed by atoms with E-state index in [0.29, 0.717) is 22.2 Å². The van der Waals surface area contributed by atoms with Gasteiger partial charge in [0.25, 0.3) is 5.91 Å². The van der Waals surface area contributed by atoms with Crippen LogP contribution in [0.25, 0.3) is 5.69 Å². The maximum atomic E-state index is 14.2. The second kappa shape index (κ2) is 11.6. The number of para-hydroxylation sites is 1. The number of amides is 1. The van der Waals surface area contributed by atoms with Gasteiger partial charge in [0.1, 0.15) is 17.6 Å². The molecule has 1 fully saturated rings. The Bertz CT molecular complexity index is 1660. The molecule has 0 radical (unpaired) electrons. The van der Waals surface area contributed by atoms with Crippen molar-refractivity contribution < 1.29 is 13.9 Å². The van der Waals surface area contributed by atoms with Gasteiger partial charge in [0.15, 0.2) is 11.7 Å². The normalized spacial score (nSPS) is 16.3. The van der Waals surface area contributed by atoms with Crippen LogP contribution in [0.1, 0.15) is 23.5 Å². The van der Waals surface area contributed by atoms with Gasteiger partial charge in [0.05, 0.1) is 11.7 Å². The average molecular weight is 564 g/mol. The molecule has 2 aromatic heterocycles. The molecule has 9 heteroatoms. The molecule has 1 aliphatic heterocycles. The van der Waals surface area contributed by atoms with Gasteiger partial charge >= 0.3 is 0 Å². The summed E-state index contributed by atoms with van der Waals surface area (Å²) in [5, 5.41) is 6.85. The van der Waals surface area contributed by atoms with E-state index in [0.717, 1.165) is 17.1 Å². The largest absolute Gasteiger partial charge is 0.484 e. The molecule has 6 rings (SSSR count). The molecule has 3 aromatic carbocycles. The summed E-state index contributed by atoms with van der Waals surface area (Å²) in [5.74, 6) is 0.0534. The summed E-state index contributed by atoms with van der Waals surface area (Å²) in [5.41, 5.74) is 3.91. The topological polar surface area (TPSA) is 71.4 Å². The fourth-order valence-corrected chi connectivity index (χ4v) is 5.34. The molecule has 0 aliphatic carbocycles. The van der Waals surface area contributed by atoms with Crippen LogP contribution in [0.5, 0.6) is 5.75 Å². The number of hydrogen-bond donors (Lipinski definition) is 2. The summed E-state index contributed by atoms with van der Waals surface area (Å²) < 4.78 is 21.7. The SMILES string of the molecule is O=C(COc1ccccc1)Nc1ccc(N2C(=S)N[C@H](c3ccccn3)[C@@H]2c2cccn2-c2cccc(F)c2)cc1. The Morgan fingerprint density at radius 2 is 1.73 bits per heavy atom. The van der Waals surface area contributed by atoms with Crippen molar-refractivity contribution >= 4 is 34.6 Å². The number of halogens is 1. The van der Waals surface area contributed by atoms with Crippen molar-refractivity contribution in [2.24, 2.45) is 0 Å². The molecule has 41 heavy (non-hydrogen) atoms. The molecular weight excluding hydrogens is 537 g/mol. The molecule has 7 nitrogen and oxygen atoms in total. The van der Waals surface area contributed by atoms with Crippen molar-refractivity contribution in [1.82, 2.24) is 14.9 Å². The lowest BCUT2D eigenvalue weighted by Crippen LogP contribution is -2.30. The van der Waals surface area contributed by atoms with Crippen LogP contribution in [0.15, 0.2) is 122 Å². The molecule has 0 saturated carbocycles.